The minimum atomic E-state index is -0.525. The van der Waals surface area contributed by atoms with Crippen molar-refractivity contribution in [2.45, 2.75) is 45.4 Å². The van der Waals surface area contributed by atoms with Gasteiger partial charge in [-0.15, -0.1) is 0 Å². The lowest BCUT2D eigenvalue weighted by atomic mass is 9.95. The van der Waals surface area contributed by atoms with E-state index in [0.29, 0.717) is 5.56 Å². The molecule has 0 aliphatic heterocycles. The molecule has 2 N–H and O–H groups in total. The molecule has 0 saturated carbocycles. The van der Waals surface area contributed by atoms with E-state index in [1.807, 2.05) is 26.0 Å². The molecule has 4 rings (SSSR count). The number of fused-ring (bicyclic) bond motifs is 3. The topological polar surface area (TPSA) is 97.2 Å². The zero-order chi connectivity index (χ0) is 19.7. The van der Waals surface area contributed by atoms with E-state index in [1.54, 1.807) is 12.1 Å². The van der Waals surface area contributed by atoms with Gasteiger partial charge in [-0.2, -0.15) is 0 Å². The van der Waals surface area contributed by atoms with Gasteiger partial charge in [0.1, 0.15) is 0 Å². The van der Waals surface area contributed by atoms with Crippen molar-refractivity contribution in [2.75, 3.05) is 11.9 Å². The van der Waals surface area contributed by atoms with E-state index in [2.05, 4.69) is 15.5 Å². The SMILES string of the molecule is CC(C)c1cc(NC(=O)COC(=O)c2ccc3[nH]c4c(c3c2)CCCC4)on1. The van der Waals surface area contributed by atoms with E-state index >= 15 is 0 Å². The molecule has 0 atom stereocenters. The highest BCUT2D eigenvalue weighted by molar-refractivity contribution is 5.98. The fraction of sp³-hybridized carbons (Fsp3) is 0.381. The second kappa shape index (κ2) is 7.50. The molecule has 0 spiro atoms. The quantitative estimate of drug-likeness (QED) is 0.652. The number of aryl methyl sites for hydroxylation is 2. The lowest BCUT2D eigenvalue weighted by Crippen LogP contribution is -2.20. The first kappa shape index (κ1) is 18.3. The molecule has 0 saturated heterocycles. The Bertz CT molecular complexity index is 1030. The van der Waals surface area contributed by atoms with Crippen molar-refractivity contribution in [1.82, 2.24) is 10.1 Å². The summed E-state index contributed by atoms with van der Waals surface area (Å²) >= 11 is 0. The van der Waals surface area contributed by atoms with E-state index in [0.717, 1.165) is 35.9 Å². The number of anilines is 1. The third-order valence-electron chi connectivity index (χ3n) is 5.05. The number of carbonyl (C=O) groups excluding carboxylic acids is 2. The van der Waals surface area contributed by atoms with Crippen LogP contribution in [-0.2, 0) is 22.4 Å². The molecular weight excluding hydrogens is 358 g/mol. The van der Waals surface area contributed by atoms with Gasteiger partial charge in [0.05, 0.1) is 11.3 Å². The largest absolute Gasteiger partial charge is 0.452 e. The molecule has 1 aromatic carbocycles. The zero-order valence-corrected chi connectivity index (χ0v) is 16.0. The lowest BCUT2D eigenvalue weighted by Gasteiger charge is -2.10. The third-order valence-corrected chi connectivity index (χ3v) is 5.05. The van der Waals surface area contributed by atoms with Crippen LogP contribution in [0.3, 0.4) is 0 Å². The molecule has 28 heavy (non-hydrogen) atoms. The lowest BCUT2D eigenvalue weighted by molar-refractivity contribution is -0.119. The number of nitrogens with one attached hydrogen (secondary N) is 2. The first-order valence-corrected chi connectivity index (χ1v) is 9.58. The van der Waals surface area contributed by atoms with Gasteiger partial charge in [-0.3, -0.25) is 10.1 Å². The number of hydrogen-bond donors (Lipinski definition) is 2. The molecule has 2 heterocycles. The maximum absolute atomic E-state index is 12.4. The minimum Gasteiger partial charge on any atom is -0.452 e. The number of hydrogen-bond acceptors (Lipinski definition) is 5. The Labute approximate surface area is 162 Å². The predicted molar refractivity (Wildman–Crippen MR) is 104 cm³/mol. The Hall–Kier alpha value is -3.09. The number of benzene rings is 1. The highest BCUT2D eigenvalue weighted by Gasteiger charge is 2.18. The van der Waals surface area contributed by atoms with Crippen LogP contribution in [0.25, 0.3) is 10.9 Å². The number of rotatable bonds is 5. The second-order valence-electron chi connectivity index (χ2n) is 7.44. The van der Waals surface area contributed by atoms with Crippen molar-refractivity contribution in [3.05, 3.63) is 46.8 Å². The van der Waals surface area contributed by atoms with Gasteiger partial charge in [0.25, 0.3) is 5.91 Å². The summed E-state index contributed by atoms with van der Waals surface area (Å²) < 4.78 is 10.2. The van der Waals surface area contributed by atoms with E-state index in [-0.39, 0.29) is 18.4 Å². The first-order chi connectivity index (χ1) is 13.5. The zero-order valence-electron chi connectivity index (χ0n) is 16.0. The van der Waals surface area contributed by atoms with Crippen molar-refractivity contribution in [2.24, 2.45) is 0 Å². The highest BCUT2D eigenvalue weighted by Crippen LogP contribution is 2.29. The molecule has 7 heteroatoms. The van der Waals surface area contributed by atoms with Gasteiger partial charge < -0.3 is 14.2 Å². The van der Waals surface area contributed by atoms with Crippen molar-refractivity contribution in [3.8, 4) is 0 Å². The first-order valence-electron chi connectivity index (χ1n) is 9.58. The molecule has 146 valence electrons. The fourth-order valence-electron chi connectivity index (χ4n) is 3.54. The van der Waals surface area contributed by atoms with Crippen LogP contribution in [0.2, 0.25) is 0 Å². The van der Waals surface area contributed by atoms with E-state index < -0.39 is 11.9 Å². The fourth-order valence-corrected chi connectivity index (χ4v) is 3.54. The summed E-state index contributed by atoms with van der Waals surface area (Å²) in [6, 6.07) is 7.12. The van der Waals surface area contributed by atoms with E-state index in [9.17, 15) is 9.59 Å². The predicted octanol–water partition coefficient (Wildman–Crippen LogP) is 3.95. The molecule has 7 nitrogen and oxygen atoms in total. The van der Waals surface area contributed by atoms with Gasteiger partial charge in [0.15, 0.2) is 6.61 Å². The summed E-state index contributed by atoms with van der Waals surface area (Å²) in [6.07, 6.45) is 4.42. The normalized spacial score (nSPS) is 13.5. The summed E-state index contributed by atoms with van der Waals surface area (Å²) in [6.45, 7) is 3.56. The number of amides is 1. The maximum Gasteiger partial charge on any atom is 0.338 e. The third kappa shape index (κ3) is 3.65. The average molecular weight is 381 g/mol. The molecule has 2 aromatic heterocycles. The van der Waals surface area contributed by atoms with Gasteiger partial charge in [-0.05, 0) is 55.4 Å². The number of H-pyrrole nitrogens is 1. The molecule has 0 fully saturated rings. The number of aromatic nitrogens is 2. The minimum absolute atomic E-state index is 0.196. The Balaban J connectivity index is 1.39. The van der Waals surface area contributed by atoms with E-state index in [4.69, 9.17) is 9.26 Å². The van der Waals surface area contributed by atoms with Crippen LogP contribution >= 0.6 is 0 Å². The molecule has 3 aromatic rings. The Kier molecular flexibility index (Phi) is 4.90. The summed E-state index contributed by atoms with van der Waals surface area (Å²) in [5.74, 6) is -0.561. The van der Waals surface area contributed by atoms with Crippen LogP contribution < -0.4 is 5.32 Å². The summed E-state index contributed by atoms with van der Waals surface area (Å²) in [7, 11) is 0. The van der Waals surface area contributed by atoms with Gasteiger partial charge in [-0.1, -0.05) is 19.0 Å². The number of carbonyl (C=O) groups is 2. The molecule has 0 radical (unpaired) electrons. The summed E-state index contributed by atoms with van der Waals surface area (Å²) in [5, 5.41) is 7.48. The smallest absolute Gasteiger partial charge is 0.338 e. The average Bonchev–Trinajstić information content (AvgIpc) is 3.30. The van der Waals surface area contributed by atoms with E-state index in [1.165, 1.54) is 17.7 Å². The number of ether oxygens (including phenoxy) is 1. The Morgan fingerprint density at radius 1 is 1.25 bits per heavy atom. The van der Waals surface area contributed by atoms with Crippen molar-refractivity contribution >= 4 is 28.7 Å². The van der Waals surface area contributed by atoms with Gasteiger partial charge in [-0.25, -0.2) is 4.79 Å². The van der Waals surface area contributed by atoms with Crippen LogP contribution in [-0.4, -0.2) is 28.6 Å². The monoisotopic (exact) mass is 381 g/mol. The van der Waals surface area contributed by atoms with Crippen molar-refractivity contribution in [3.63, 3.8) is 0 Å². The molecule has 1 amide bonds. The summed E-state index contributed by atoms with van der Waals surface area (Å²) in [5.41, 5.74) is 4.77. The Morgan fingerprint density at radius 2 is 2.07 bits per heavy atom. The Morgan fingerprint density at radius 3 is 2.86 bits per heavy atom. The second-order valence-corrected chi connectivity index (χ2v) is 7.44. The van der Waals surface area contributed by atoms with Gasteiger partial charge in [0.2, 0.25) is 5.88 Å². The standard InChI is InChI=1S/C21H23N3O4/c1-12(2)18-10-20(28-24-18)23-19(25)11-27-21(26)13-7-8-17-15(9-13)14-5-3-4-6-16(14)22-17/h7-10,12,22H,3-6,11H2,1-2H3,(H,23,25). The van der Waals surface area contributed by atoms with Crippen LogP contribution in [0.5, 0.6) is 0 Å². The van der Waals surface area contributed by atoms with Crippen molar-refractivity contribution < 1.29 is 18.8 Å². The van der Waals surface area contributed by atoms with Crippen LogP contribution in [0.15, 0.2) is 28.8 Å². The van der Waals surface area contributed by atoms with Gasteiger partial charge >= 0.3 is 5.97 Å². The molecule has 0 unspecified atom stereocenters. The number of nitrogens with zero attached hydrogens (tertiary/aromatic N) is 1. The van der Waals surface area contributed by atoms with Crippen LogP contribution in [0, 0.1) is 0 Å². The number of aromatic amines is 1. The molecule has 0 bridgehead atoms. The molecule has 1 aliphatic carbocycles. The molecular formula is C21H23N3O4. The molecule has 1 aliphatic rings. The number of esters is 1. The van der Waals surface area contributed by atoms with Crippen LogP contribution in [0.4, 0.5) is 5.88 Å². The maximum atomic E-state index is 12.4. The van der Waals surface area contributed by atoms with Gasteiger partial charge in [0, 0.05) is 22.7 Å². The highest BCUT2D eigenvalue weighted by atomic mass is 16.5. The summed E-state index contributed by atoms with van der Waals surface area (Å²) in [4.78, 5) is 27.8. The van der Waals surface area contributed by atoms with Crippen molar-refractivity contribution in [1.29, 1.82) is 0 Å². The van der Waals surface area contributed by atoms with Crippen LogP contribution in [0.1, 0.15) is 59.9 Å².